The Kier molecular flexibility index (Phi) is 1.55. The van der Waals surface area contributed by atoms with E-state index < -0.39 is 5.67 Å². The van der Waals surface area contributed by atoms with Crippen molar-refractivity contribution in [1.82, 2.24) is 0 Å². The molecule has 2 heteroatoms. The summed E-state index contributed by atoms with van der Waals surface area (Å²) < 4.78 is 13.2. The standard InChI is InChI=1S/C8H11FO/c1-6-7(10)4-3-5-8(6,2)9/h3-4,10H,5H2,1-2H3. The van der Waals surface area contributed by atoms with Gasteiger partial charge in [0.15, 0.2) is 0 Å². The van der Waals surface area contributed by atoms with Crippen molar-refractivity contribution in [3.63, 3.8) is 0 Å². The van der Waals surface area contributed by atoms with Crippen LogP contribution in [0, 0.1) is 0 Å². The van der Waals surface area contributed by atoms with E-state index in [0.717, 1.165) is 0 Å². The van der Waals surface area contributed by atoms with Crippen molar-refractivity contribution in [3.8, 4) is 0 Å². The molecule has 1 aliphatic rings. The Morgan fingerprint density at radius 3 is 2.70 bits per heavy atom. The first-order valence-electron chi connectivity index (χ1n) is 3.30. The third-order valence-corrected chi connectivity index (χ3v) is 1.94. The van der Waals surface area contributed by atoms with E-state index in [1.165, 1.54) is 13.0 Å². The van der Waals surface area contributed by atoms with Crippen molar-refractivity contribution in [1.29, 1.82) is 0 Å². The van der Waals surface area contributed by atoms with E-state index in [2.05, 4.69) is 0 Å². The van der Waals surface area contributed by atoms with Gasteiger partial charge in [-0.2, -0.15) is 0 Å². The Hall–Kier alpha value is -0.790. The van der Waals surface area contributed by atoms with E-state index in [0.29, 0.717) is 12.0 Å². The Balaban J connectivity index is 2.99. The minimum Gasteiger partial charge on any atom is -0.508 e. The van der Waals surface area contributed by atoms with Gasteiger partial charge in [-0.15, -0.1) is 0 Å². The van der Waals surface area contributed by atoms with Crippen LogP contribution in [0.15, 0.2) is 23.5 Å². The minimum atomic E-state index is -1.35. The second kappa shape index (κ2) is 2.11. The van der Waals surface area contributed by atoms with Gasteiger partial charge in [0.2, 0.25) is 0 Å². The zero-order valence-electron chi connectivity index (χ0n) is 6.19. The smallest absolute Gasteiger partial charge is 0.136 e. The summed E-state index contributed by atoms with van der Waals surface area (Å²) in [6.45, 7) is 3.08. The second-order valence-corrected chi connectivity index (χ2v) is 2.81. The fourth-order valence-corrected chi connectivity index (χ4v) is 0.937. The van der Waals surface area contributed by atoms with E-state index in [4.69, 9.17) is 5.11 Å². The SMILES string of the molecule is CC1=C(O)C=CCC1(C)F. The lowest BCUT2D eigenvalue weighted by molar-refractivity contribution is 0.227. The summed E-state index contributed by atoms with van der Waals surface area (Å²) in [6, 6.07) is 0. The van der Waals surface area contributed by atoms with Crippen molar-refractivity contribution in [2.45, 2.75) is 25.9 Å². The van der Waals surface area contributed by atoms with E-state index in [-0.39, 0.29) is 5.76 Å². The van der Waals surface area contributed by atoms with Crippen molar-refractivity contribution in [2.24, 2.45) is 0 Å². The van der Waals surface area contributed by atoms with Crippen LogP contribution < -0.4 is 0 Å². The number of halogens is 1. The highest BCUT2D eigenvalue weighted by Gasteiger charge is 2.28. The van der Waals surface area contributed by atoms with Crippen LogP contribution in [-0.2, 0) is 0 Å². The zero-order valence-corrected chi connectivity index (χ0v) is 6.19. The van der Waals surface area contributed by atoms with Crippen LogP contribution >= 0.6 is 0 Å². The van der Waals surface area contributed by atoms with E-state index in [1.807, 2.05) is 0 Å². The molecule has 0 aromatic carbocycles. The van der Waals surface area contributed by atoms with Crippen LogP contribution in [-0.4, -0.2) is 10.8 Å². The van der Waals surface area contributed by atoms with Gasteiger partial charge >= 0.3 is 0 Å². The lowest BCUT2D eigenvalue weighted by atomic mass is 9.90. The molecule has 1 N–H and O–H groups in total. The summed E-state index contributed by atoms with van der Waals surface area (Å²) >= 11 is 0. The summed E-state index contributed by atoms with van der Waals surface area (Å²) in [5.41, 5.74) is -0.922. The fraction of sp³-hybridized carbons (Fsp3) is 0.500. The quantitative estimate of drug-likeness (QED) is 0.551. The first-order valence-corrected chi connectivity index (χ1v) is 3.30. The lowest BCUT2D eigenvalue weighted by Crippen LogP contribution is -2.22. The van der Waals surface area contributed by atoms with Gasteiger partial charge in [0, 0.05) is 12.0 Å². The summed E-state index contributed by atoms with van der Waals surface area (Å²) in [4.78, 5) is 0. The van der Waals surface area contributed by atoms with Crippen LogP contribution in [0.25, 0.3) is 0 Å². The van der Waals surface area contributed by atoms with Crippen molar-refractivity contribution >= 4 is 0 Å². The van der Waals surface area contributed by atoms with Crippen LogP contribution in [0.4, 0.5) is 4.39 Å². The lowest BCUT2D eigenvalue weighted by Gasteiger charge is -2.23. The molecule has 0 saturated heterocycles. The molecule has 56 valence electrons. The summed E-state index contributed by atoms with van der Waals surface area (Å²) in [5, 5.41) is 9.07. The first-order chi connectivity index (χ1) is 4.54. The van der Waals surface area contributed by atoms with Gasteiger partial charge in [-0.25, -0.2) is 4.39 Å². The van der Waals surface area contributed by atoms with E-state index in [1.54, 1.807) is 13.0 Å². The Bertz CT molecular complexity index is 201. The highest BCUT2D eigenvalue weighted by molar-refractivity contribution is 5.29. The van der Waals surface area contributed by atoms with Crippen molar-refractivity contribution in [2.75, 3.05) is 0 Å². The summed E-state index contributed by atoms with van der Waals surface area (Å²) in [5.74, 6) is 0.0660. The Morgan fingerprint density at radius 2 is 2.30 bits per heavy atom. The average Bonchev–Trinajstić information content (AvgIpc) is 1.83. The molecule has 1 unspecified atom stereocenters. The molecular formula is C8H11FO. The summed E-state index contributed by atoms with van der Waals surface area (Å²) in [6.07, 6.45) is 3.54. The van der Waals surface area contributed by atoms with Gasteiger partial charge in [0.05, 0.1) is 0 Å². The second-order valence-electron chi connectivity index (χ2n) is 2.81. The minimum absolute atomic E-state index is 0.0660. The number of aliphatic hydroxyl groups excluding tert-OH is 1. The zero-order chi connectivity index (χ0) is 7.78. The number of hydrogen-bond donors (Lipinski definition) is 1. The maximum absolute atomic E-state index is 13.2. The van der Waals surface area contributed by atoms with Gasteiger partial charge in [-0.3, -0.25) is 0 Å². The number of allylic oxidation sites excluding steroid dienone is 3. The third-order valence-electron chi connectivity index (χ3n) is 1.94. The van der Waals surface area contributed by atoms with E-state index >= 15 is 0 Å². The summed E-state index contributed by atoms with van der Waals surface area (Å²) in [7, 11) is 0. The van der Waals surface area contributed by atoms with Crippen LogP contribution in [0.5, 0.6) is 0 Å². The predicted octanol–water partition coefficient (Wildman–Crippen LogP) is 2.51. The maximum Gasteiger partial charge on any atom is 0.136 e. The molecule has 1 aliphatic carbocycles. The molecule has 0 amide bonds. The number of alkyl halides is 1. The van der Waals surface area contributed by atoms with Gasteiger partial charge < -0.3 is 5.11 Å². The largest absolute Gasteiger partial charge is 0.508 e. The molecule has 0 saturated carbocycles. The van der Waals surface area contributed by atoms with Crippen LogP contribution in [0.2, 0.25) is 0 Å². The molecule has 0 spiro atoms. The van der Waals surface area contributed by atoms with Gasteiger partial charge in [-0.05, 0) is 19.9 Å². The Labute approximate surface area is 59.9 Å². The Morgan fingerprint density at radius 1 is 1.70 bits per heavy atom. The normalized spacial score (nSPS) is 33.1. The molecule has 1 nitrogen and oxygen atoms in total. The highest BCUT2D eigenvalue weighted by Crippen LogP contribution is 2.31. The molecule has 0 aromatic rings. The maximum atomic E-state index is 13.2. The predicted molar refractivity (Wildman–Crippen MR) is 38.6 cm³/mol. The van der Waals surface area contributed by atoms with Crippen LogP contribution in [0.1, 0.15) is 20.3 Å². The number of rotatable bonds is 0. The first kappa shape index (κ1) is 7.32. The molecule has 0 radical (unpaired) electrons. The number of hydrogen-bond acceptors (Lipinski definition) is 1. The molecule has 1 rings (SSSR count). The molecule has 10 heavy (non-hydrogen) atoms. The fourth-order valence-electron chi connectivity index (χ4n) is 0.937. The van der Waals surface area contributed by atoms with Crippen molar-refractivity contribution in [3.05, 3.63) is 23.5 Å². The molecule has 0 fully saturated rings. The molecule has 0 bridgehead atoms. The molecular weight excluding hydrogens is 131 g/mol. The van der Waals surface area contributed by atoms with Crippen molar-refractivity contribution < 1.29 is 9.50 Å². The van der Waals surface area contributed by atoms with E-state index in [9.17, 15) is 4.39 Å². The molecule has 1 atom stereocenters. The molecule has 0 aromatic heterocycles. The molecule has 0 heterocycles. The third kappa shape index (κ3) is 1.06. The van der Waals surface area contributed by atoms with Crippen LogP contribution in [0.3, 0.4) is 0 Å². The topological polar surface area (TPSA) is 20.2 Å². The average molecular weight is 142 g/mol. The highest BCUT2D eigenvalue weighted by atomic mass is 19.1. The van der Waals surface area contributed by atoms with Gasteiger partial charge in [-0.1, -0.05) is 6.08 Å². The van der Waals surface area contributed by atoms with Gasteiger partial charge in [0.25, 0.3) is 0 Å². The number of aliphatic hydroxyl groups is 1. The molecule has 0 aliphatic heterocycles. The monoisotopic (exact) mass is 142 g/mol. The van der Waals surface area contributed by atoms with Gasteiger partial charge in [0.1, 0.15) is 11.4 Å².